The Morgan fingerprint density at radius 3 is 2.96 bits per heavy atom. The minimum Gasteiger partial charge on any atom is -0.350 e. The van der Waals surface area contributed by atoms with Crippen LogP contribution >= 0.6 is 0 Å². The van der Waals surface area contributed by atoms with E-state index in [4.69, 9.17) is 0 Å². The van der Waals surface area contributed by atoms with E-state index >= 15 is 0 Å². The van der Waals surface area contributed by atoms with Crippen LogP contribution in [0.25, 0.3) is 11.0 Å². The highest BCUT2D eigenvalue weighted by atomic mass is 16.2. The SMILES string of the molecule is Cn1c(=O)n(C)c2cc(CNC(=O)[C@H]3NCCc4[nH]cnc43)ccc21. The van der Waals surface area contributed by atoms with Gasteiger partial charge < -0.3 is 15.6 Å². The number of hydrogen-bond donors (Lipinski definition) is 3. The van der Waals surface area contributed by atoms with E-state index in [1.54, 1.807) is 29.6 Å². The number of H-pyrrole nitrogens is 1. The van der Waals surface area contributed by atoms with Crippen molar-refractivity contribution in [2.75, 3.05) is 6.54 Å². The number of nitrogens with one attached hydrogen (secondary N) is 3. The standard InChI is InChI=1S/C17H20N6O2/c1-22-12-4-3-10(7-13(12)23(2)17(22)25)8-19-16(24)15-14-11(5-6-18-15)20-9-21-14/h3-4,7,9,15,18H,5-6,8H2,1-2H3,(H,19,24)(H,20,21)/t15-/m0/s1. The van der Waals surface area contributed by atoms with Gasteiger partial charge in [-0.2, -0.15) is 0 Å². The first-order valence-electron chi connectivity index (χ1n) is 8.24. The van der Waals surface area contributed by atoms with Crippen molar-refractivity contribution in [1.82, 2.24) is 29.7 Å². The summed E-state index contributed by atoms with van der Waals surface area (Å²) in [5.41, 5.74) is 4.39. The number of aryl methyl sites for hydroxylation is 2. The third-order valence-corrected chi connectivity index (χ3v) is 4.81. The molecule has 8 nitrogen and oxygen atoms in total. The second kappa shape index (κ2) is 5.89. The van der Waals surface area contributed by atoms with E-state index in [0.717, 1.165) is 41.0 Å². The summed E-state index contributed by atoms with van der Waals surface area (Å²) in [6.07, 6.45) is 2.47. The van der Waals surface area contributed by atoms with Crippen molar-refractivity contribution in [2.24, 2.45) is 14.1 Å². The molecule has 0 radical (unpaired) electrons. The summed E-state index contributed by atoms with van der Waals surface area (Å²) in [6.45, 7) is 1.14. The Kier molecular flexibility index (Phi) is 3.69. The topological polar surface area (TPSA) is 96.7 Å². The van der Waals surface area contributed by atoms with Crippen LogP contribution in [0.1, 0.15) is 23.0 Å². The first-order chi connectivity index (χ1) is 12.1. The van der Waals surface area contributed by atoms with Crippen LogP contribution in [-0.2, 0) is 31.9 Å². The number of carbonyl (C=O) groups excluding carboxylic acids is 1. The molecule has 8 heteroatoms. The van der Waals surface area contributed by atoms with Crippen LogP contribution < -0.4 is 16.3 Å². The maximum atomic E-state index is 12.5. The van der Waals surface area contributed by atoms with E-state index < -0.39 is 6.04 Å². The summed E-state index contributed by atoms with van der Waals surface area (Å²) in [4.78, 5) is 31.9. The van der Waals surface area contributed by atoms with Crippen molar-refractivity contribution in [3.8, 4) is 0 Å². The molecule has 0 spiro atoms. The molecule has 1 atom stereocenters. The van der Waals surface area contributed by atoms with E-state index in [1.807, 2.05) is 18.2 Å². The Balaban J connectivity index is 1.52. The zero-order chi connectivity index (χ0) is 17.6. The lowest BCUT2D eigenvalue weighted by molar-refractivity contribution is -0.123. The first kappa shape index (κ1) is 15.6. The fourth-order valence-corrected chi connectivity index (χ4v) is 3.39. The van der Waals surface area contributed by atoms with Gasteiger partial charge in [0.1, 0.15) is 6.04 Å². The number of rotatable bonds is 3. The summed E-state index contributed by atoms with van der Waals surface area (Å²) in [5, 5.41) is 6.16. The number of imidazole rings is 2. The van der Waals surface area contributed by atoms with Gasteiger partial charge in [0.25, 0.3) is 0 Å². The molecule has 0 bridgehead atoms. The average Bonchev–Trinajstić information content (AvgIpc) is 3.19. The highest BCUT2D eigenvalue weighted by molar-refractivity contribution is 5.83. The molecule has 0 saturated carbocycles. The van der Waals surface area contributed by atoms with Crippen molar-refractivity contribution in [3.05, 3.63) is 52.0 Å². The van der Waals surface area contributed by atoms with Gasteiger partial charge in [-0.25, -0.2) is 9.78 Å². The highest BCUT2D eigenvalue weighted by Crippen LogP contribution is 2.19. The number of benzene rings is 1. The number of hydrogen-bond acceptors (Lipinski definition) is 4. The first-order valence-corrected chi connectivity index (χ1v) is 8.24. The van der Waals surface area contributed by atoms with Gasteiger partial charge in [0.15, 0.2) is 0 Å². The fourth-order valence-electron chi connectivity index (χ4n) is 3.39. The van der Waals surface area contributed by atoms with Crippen LogP contribution in [0.2, 0.25) is 0 Å². The minimum absolute atomic E-state index is 0.0614. The largest absolute Gasteiger partial charge is 0.350 e. The monoisotopic (exact) mass is 340 g/mol. The molecule has 2 aromatic heterocycles. The average molecular weight is 340 g/mol. The molecule has 1 aromatic carbocycles. The predicted molar refractivity (Wildman–Crippen MR) is 93.0 cm³/mol. The molecule has 25 heavy (non-hydrogen) atoms. The number of nitrogens with zero attached hydrogens (tertiary/aromatic N) is 3. The number of aromatic amines is 1. The predicted octanol–water partition coefficient (Wildman–Crippen LogP) is 0.103. The minimum atomic E-state index is -0.431. The zero-order valence-electron chi connectivity index (χ0n) is 14.2. The zero-order valence-corrected chi connectivity index (χ0v) is 14.2. The van der Waals surface area contributed by atoms with Gasteiger partial charge in [-0.05, 0) is 17.7 Å². The molecule has 0 unspecified atom stereocenters. The Hall–Kier alpha value is -2.87. The summed E-state index contributed by atoms with van der Waals surface area (Å²) in [6, 6.07) is 5.34. The van der Waals surface area contributed by atoms with E-state index in [-0.39, 0.29) is 11.6 Å². The van der Waals surface area contributed by atoms with Gasteiger partial charge in [0.2, 0.25) is 5.91 Å². The molecule has 0 aliphatic carbocycles. The lowest BCUT2D eigenvalue weighted by Gasteiger charge is -2.22. The number of fused-ring (bicyclic) bond motifs is 2. The molecule has 1 amide bonds. The molecular formula is C17H20N6O2. The van der Waals surface area contributed by atoms with E-state index in [9.17, 15) is 9.59 Å². The van der Waals surface area contributed by atoms with Crippen LogP contribution in [-0.4, -0.2) is 31.6 Å². The van der Waals surface area contributed by atoms with Crippen LogP contribution in [0.15, 0.2) is 29.3 Å². The Bertz CT molecular complexity index is 1010. The molecule has 1 aliphatic heterocycles. The normalized spacial score (nSPS) is 16.8. The lowest BCUT2D eigenvalue weighted by atomic mass is 10.0. The highest BCUT2D eigenvalue weighted by Gasteiger charge is 2.28. The Morgan fingerprint density at radius 2 is 2.12 bits per heavy atom. The van der Waals surface area contributed by atoms with Crippen molar-refractivity contribution < 1.29 is 4.79 Å². The van der Waals surface area contributed by atoms with Gasteiger partial charge in [-0.1, -0.05) is 6.07 Å². The van der Waals surface area contributed by atoms with Crippen molar-refractivity contribution >= 4 is 16.9 Å². The van der Waals surface area contributed by atoms with Crippen LogP contribution in [0.3, 0.4) is 0 Å². The second-order valence-electron chi connectivity index (χ2n) is 6.34. The Labute approximate surface area is 143 Å². The second-order valence-corrected chi connectivity index (χ2v) is 6.34. The van der Waals surface area contributed by atoms with E-state index in [2.05, 4.69) is 20.6 Å². The molecule has 3 heterocycles. The third-order valence-electron chi connectivity index (χ3n) is 4.81. The Morgan fingerprint density at radius 1 is 1.32 bits per heavy atom. The van der Waals surface area contributed by atoms with Crippen molar-refractivity contribution in [2.45, 2.75) is 19.0 Å². The van der Waals surface area contributed by atoms with E-state index in [0.29, 0.717) is 6.54 Å². The smallest absolute Gasteiger partial charge is 0.328 e. The van der Waals surface area contributed by atoms with E-state index in [1.165, 1.54) is 0 Å². The van der Waals surface area contributed by atoms with Gasteiger partial charge in [0, 0.05) is 39.3 Å². The van der Waals surface area contributed by atoms with Gasteiger partial charge in [-0.3, -0.25) is 13.9 Å². The van der Waals surface area contributed by atoms with Gasteiger partial charge in [0.05, 0.1) is 23.1 Å². The quantitative estimate of drug-likeness (QED) is 0.630. The summed E-state index contributed by atoms with van der Waals surface area (Å²) < 4.78 is 3.22. The summed E-state index contributed by atoms with van der Waals surface area (Å²) >= 11 is 0. The van der Waals surface area contributed by atoms with Gasteiger partial charge in [-0.15, -0.1) is 0 Å². The molecule has 130 valence electrons. The van der Waals surface area contributed by atoms with Crippen molar-refractivity contribution in [1.29, 1.82) is 0 Å². The fraction of sp³-hybridized carbons (Fsp3) is 0.353. The maximum absolute atomic E-state index is 12.5. The lowest BCUT2D eigenvalue weighted by Crippen LogP contribution is -2.41. The molecule has 3 N–H and O–H groups in total. The maximum Gasteiger partial charge on any atom is 0.328 e. The summed E-state index contributed by atoms with van der Waals surface area (Å²) in [7, 11) is 3.50. The van der Waals surface area contributed by atoms with Crippen LogP contribution in [0, 0.1) is 0 Å². The molecule has 3 aromatic rings. The molecule has 0 fully saturated rings. The third kappa shape index (κ3) is 2.54. The molecule has 1 aliphatic rings. The van der Waals surface area contributed by atoms with Gasteiger partial charge >= 0.3 is 5.69 Å². The summed E-state index contributed by atoms with van der Waals surface area (Å²) in [5.74, 6) is -0.102. The number of aromatic nitrogens is 4. The molecule has 4 rings (SSSR count). The van der Waals surface area contributed by atoms with Crippen molar-refractivity contribution in [3.63, 3.8) is 0 Å². The number of carbonyl (C=O) groups is 1. The molecular weight excluding hydrogens is 320 g/mol. The van der Waals surface area contributed by atoms with Crippen LogP contribution in [0.5, 0.6) is 0 Å². The van der Waals surface area contributed by atoms with Crippen LogP contribution in [0.4, 0.5) is 0 Å². The number of amides is 1. The molecule has 0 saturated heterocycles.